The van der Waals surface area contributed by atoms with Crippen LogP contribution in [0.5, 0.6) is 0 Å². The molecule has 0 unspecified atom stereocenters. The fraction of sp³-hybridized carbons (Fsp3) is 0.952. The van der Waals surface area contributed by atoms with E-state index < -0.39 is 5.79 Å². The summed E-state index contributed by atoms with van der Waals surface area (Å²) in [7, 11) is 1.64. The molecule has 1 spiro atoms. The Labute approximate surface area is 162 Å². The first kappa shape index (κ1) is 19.8. The largest absolute Gasteiger partial charge is 0.366 e. The monoisotopic (exact) mass is 382 g/mol. The first-order valence-electron chi connectivity index (χ1n) is 10.4. The minimum Gasteiger partial charge on any atom is -0.366 e. The molecule has 0 N–H and O–H groups in total. The molecule has 6 heteroatoms. The third-order valence-electron chi connectivity index (χ3n) is 8.05. The van der Waals surface area contributed by atoms with Crippen LogP contribution in [0.15, 0.2) is 0 Å². The van der Waals surface area contributed by atoms with E-state index in [0.717, 1.165) is 32.1 Å². The second kappa shape index (κ2) is 7.06. The van der Waals surface area contributed by atoms with Crippen LogP contribution in [0.3, 0.4) is 0 Å². The Bertz CT molecular complexity index is 573. The van der Waals surface area contributed by atoms with E-state index in [-0.39, 0.29) is 41.7 Å². The fourth-order valence-electron chi connectivity index (χ4n) is 6.67. The standard InChI is InChI=1S/C21H34O6/c1-14(22)15-12-18(24-13-23-4)20(3)16-6-5-8-21(25-10-11-26-21)19(16,2)9-7-17(20)27-15/h15-18H,5-13H2,1-4H3/t15-,16+,17-,18+,19-,20-/m0/s1. The van der Waals surface area contributed by atoms with Crippen LogP contribution in [0.2, 0.25) is 0 Å². The van der Waals surface area contributed by atoms with Crippen molar-refractivity contribution in [3.8, 4) is 0 Å². The minimum atomic E-state index is -0.479. The van der Waals surface area contributed by atoms with E-state index in [9.17, 15) is 4.79 Å². The van der Waals surface area contributed by atoms with E-state index in [2.05, 4.69) is 13.8 Å². The van der Waals surface area contributed by atoms with Crippen LogP contribution in [0, 0.1) is 16.7 Å². The molecule has 0 radical (unpaired) electrons. The highest BCUT2D eigenvalue weighted by atomic mass is 16.7. The summed E-state index contributed by atoms with van der Waals surface area (Å²) in [6.45, 7) is 7.84. The molecule has 4 fully saturated rings. The number of Topliss-reactive ketones (excluding diaryl/α,β-unsaturated/α-hetero) is 1. The van der Waals surface area contributed by atoms with Gasteiger partial charge in [0.25, 0.3) is 0 Å². The number of hydrogen-bond donors (Lipinski definition) is 0. The molecule has 2 aliphatic carbocycles. The summed E-state index contributed by atoms with van der Waals surface area (Å²) in [5, 5.41) is 0. The van der Waals surface area contributed by atoms with Crippen LogP contribution in [-0.2, 0) is 28.5 Å². The molecule has 0 aromatic heterocycles. The van der Waals surface area contributed by atoms with Crippen molar-refractivity contribution >= 4 is 5.78 Å². The third-order valence-corrected chi connectivity index (χ3v) is 8.05. The number of hydrogen-bond acceptors (Lipinski definition) is 6. The highest BCUT2D eigenvalue weighted by Gasteiger charge is 2.68. The predicted molar refractivity (Wildman–Crippen MR) is 98.1 cm³/mol. The molecule has 4 aliphatic rings. The van der Waals surface area contributed by atoms with Gasteiger partial charge in [0, 0.05) is 30.8 Å². The van der Waals surface area contributed by atoms with Gasteiger partial charge in [-0.25, -0.2) is 0 Å². The third kappa shape index (κ3) is 2.83. The molecule has 2 saturated heterocycles. The molecule has 154 valence electrons. The molecule has 4 rings (SSSR count). The van der Waals surface area contributed by atoms with Gasteiger partial charge in [0.1, 0.15) is 12.9 Å². The van der Waals surface area contributed by atoms with Gasteiger partial charge >= 0.3 is 0 Å². The lowest BCUT2D eigenvalue weighted by Gasteiger charge is -2.65. The van der Waals surface area contributed by atoms with Gasteiger partial charge in [-0.15, -0.1) is 0 Å². The van der Waals surface area contributed by atoms with Crippen molar-refractivity contribution in [1.82, 2.24) is 0 Å². The Morgan fingerprint density at radius 1 is 1.15 bits per heavy atom. The van der Waals surface area contributed by atoms with Gasteiger partial charge in [-0.05, 0) is 38.5 Å². The van der Waals surface area contributed by atoms with Crippen LogP contribution >= 0.6 is 0 Å². The molecular weight excluding hydrogens is 348 g/mol. The molecule has 2 saturated carbocycles. The molecule has 2 heterocycles. The number of carbonyl (C=O) groups excluding carboxylic acids is 1. The van der Waals surface area contributed by atoms with Gasteiger partial charge in [0.2, 0.25) is 0 Å². The van der Waals surface area contributed by atoms with Gasteiger partial charge in [-0.3, -0.25) is 4.79 Å². The van der Waals surface area contributed by atoms with Crippen molar-refractivity contribution in [3.05, 3.63) is 0 Å². The SMILES string of the molecule is COCO[C@@H]1C[C@@H](C(C)=O)O[C@H]2CC[C@@]3(C)[C@@H](CCCC34OCCO4)[C@@]21C. The number of ether oxygens (including phenoxy) is 5. The summed E-state index contributed by atoms with van der Waals surface area (Å²) >= 11 is 0. The Balaban J connectivity index is 1.70. The molecule has 6 nitrogen and oxygen atoms in total. The second-order valence-corrected chi connectivity index (χ2v) is 9.24. The van der Waals surface area contributed by atoms with Gasteiger partial charge < -0.3 is 23.7 Å². The first-order valence-corrected chi connectivity index (χ1v) is 10.4. The maximum absolute atomic E-state index is 12.1. The van der Waals surface area contributed by atoms with Crippen molar-refractivity contribution in [3.63, 3.8) is 0 Å². The normalized spacial score (nSPS) is 46.1. The van der Waals surface area contributed by atoms with Gasteiger partial charge in [0.15, 0.2) is 11.6 Å². The zero-order valence-corrected chi connectivity index (χ0v) is 17.1. The lowest BCUT2D eigenvalue weighted by atomic mass is 9.46. The molecular formula is C21H34O6. The van der Waals surface area contributed by atoms with Crippen LogP contribution in [0.25, 0.3) is 0 Å². The number of carbonyl (C=O) groups is 1. The van der Waals surface area contributed by atoms with E-state index in [1.165, 1.54) is 0 Å². The maximum Gasteiger partial charge on any atom is 0.174 e. The molecule has 0 aromatic rings. The zero-order chi connectivity index (χ0) is 19.3. The van der Waals surface area contributed by atoms with Crippen molar-refractivity contribution < 1.29 is 28.5 Å². The van der Waals surface area contributed by atoms with E-state index in [0.29, 0.717) is 25.6 Å². The molecule has 2 aliphatic heterocycles. The lowest BCUT2D eigenvalue weighted by molar-refractivity contribution is -0.331. The zero-order valence-electron chi connectivity index (χ0n) is 17.1. The highest BCUT2D eigenvalue weighted by molar-refractivity contribution is 5.80. The number of methoxy groups -OCH3 is 1. The summed E-state index contributed by atoms with van der Waals surface area (Å²) in [6.07, 6.45) is 5.17. The number of fused-ring (bicyclic) bond motifs is 4. The summed E-state index contributed by atoms with van der Waals surface area (Å²) in [4.78, 5) is 12.1. The van der Waals surface area contributed by atoms with Gasteiger partial charge in [-0.1, -0.05) is 13.8 Å². The summed E-state index contributed by atoms with van der Waals surface area (Å²) in [5.74, 6) is -0.0445. The van der Waals surface area contributed by atoms with Gasteiger partial charge in [0.05, 0.1) is 25.4 Å². The van der Waals surface area contributed by atoms with E-state index in [1.54, 1.807) is 14.0 Å². The van der Waals surface area contributed by atoms with Crippen molar-refractivity contribution in [2.45, 2.75) is 83.4 Å². The average molecular weight is 382 g/mol. The molecule has 27 heavy (non-hydrogen) atoms. The molecule has 0 amide bonds. The second-order valence-electron chi connectivity index (χ2n) is 9.24. The van der Waals surface area contributed by atoms with E-state index >= 15 is 0 Å². The average Bonchev–Trinajstić information content (AvgIpc) is 3.11. The molecule has 0 aromatic carbocycles. The fourth-order valence-corrected chi connectivity index (χ4v) is 6.67. The van der Waals surface area contributed by atoms with Crippen molar-refractivity contribution in [1.29, 1.82) is 0 Å². The smallest absolute Gasteiger partial charge is 0.174 e. The van der Waals surface area contributed by atoms with Crippen LogP contribution in [-0.4, -0.2) is 57.0 Å². The Morgan fingerprint density at radius 2 is 1.89 bits per heavy atom. The summed E-state index contributed by atoms with van der Waals surface area (Å²) < 4.78 is 30.3. The lowest BCUT2D eigenvalue weighted by Crippen LogP contribution is -2.68. The quantitative estimate of drug-likeness (QED) is 0.697. The van der Waals surface area contributed by atoms with E-state index in [1.807, 2.05) is 0 Å². The Kier molecular flexibility index (Phi) is 5.17. The number of ketones is 1. The van der Waals surface area contributed by atoms with Crippen LogP contribution < -0.4 is 0 Å². The molecule has 0 bridgehead atoms. The maximum atomic E-state index is 12.1. The van der Waals surface area contributed by atoms with Crippen LogP contribution in [0.1, 0.15) is 59.3 Å². The Hall–Kier alpha value is -0.530. The highest BCUT2D eigenvalue weighted by Crippen LogP contribution is 2.66. The van der Waals surface area contributed by atoms with Gasteiger partial charge in [-0.2, -0.15) is 0 Å². The summed E-state index contributed by atoms with van der Waals surface area (Å²) in [6, 6.07) is 0. The Morgan fingerprint density at radius 3 is 2.56 bits per heavy atom. The number of rotatable bonds is 4. The topological polar surface area (TPSA) is 63.2 Å². The van der Waals surface area contributed by atoms with E-state index in [4.69, 9.17) is 23.7 Å². The molecule has 6 atom stereocenters. The predicted octanol–water partition coefficient (Wildman–Crippen LogP) is 3.07. The van der Waals surface area contributed by atoms with Crippen LogP contribution in [0.4, 0.5) is 0 Å². The minimum absolute atomic E-state index is 0.0108. The van der Waals surface area contributed by atoms with Crippen molar-refractivity contribution in [2.24, 2.45) is 16.7 Å². The van der Waals surface area contributed by atoms with Crippen molar-refractivity contribution in [2.75, 3.05) is 27.1 Å². The first-order chi connectivity index (χ1) is 12.9. The summed E-state index contributed by atoms with van der Waals surface area (Å²) in [5.41, 5.74) is -0.270.